The molecule has 6 heteroatoms. The van der Waals surface area contributed by atoms with Gasteiger partial charge in [-0.15, -0.1) is 0 Å². The van der Waals surface area contributed by atoms with Crippen LogP contribution in [-0.4, -0.2) is 49.9 Å². The molecule has 1 N–H and O–H groups in total. The molecule has 166 valence electrons. The van der Waals surface area contributed by atoms with Crippen molar-refractivity contribution in [2.24, 2.45) is 11.3 Å². The van der Waals surface area contributed by atoms with Crippen LogP contribution in [0.1, 0.15) is 65.0 Å². The Balaban J connectivity index is 1.31. The SMILES string of the molecule is CC(C)(C)OC(=O)N1CCC[C@H]1C[C@]1(C)C[C@@H]([C@@H]2c3ccccc3-c3cncn32)[C@@H]1O. The van der Waals surface area contributed by atoms with Crippen LogP contribution in [0.4, 0.5) is 4.79 Å². The van der Waals surface area contributed by atoms with Gasteiger partial charge in [0.15, 0.2) is 0 Å². The lowest BCUT2D eigenvalue weighted by Crippen LogP contribution is -2.56. The van der Waals surface area contributed by atoms with E-state index < -0.39 is 11.7 Å². The molecule has 31 heavy (non-hydrogen) atoms. The molecule has 0 unspecified atom stereocenters. The number of imidazole rings is 1. The summed E-state index contributed by atoms with van der Waals surface area (Å²) in [5.41, 5.74) is 2.94. The molecule has 5 atom stereocenters. The second-order valence-electron chi connectivity index (χ2n) is 10.9. The summed E-state index contributed by atoms with van der Waals surface area (Å²) in [4.78, 5) is 18.9. The van der Waals surface area contributed by atoms with Crippen molar-refractivity contribution in [2.75, 3.05) is 6.54 Å². The fraction of sp³-hybridized carbons (Fsp3) is 0.600. The summed E-state index contributed by atoms with van der Waals surface area (Å²) >= 11 is 0. The van der Waals surface area contributed by atoms with Gasteiger partial charge in [-0.3, -0.25) is 0 Å². The molecule has 1 saturated heterocycles. The van der Waals surface area contributed by atoms with Crippen molar-refractivity contribution in [1.29, 1.82) is 0 Å². The van der Waals surface area contributed by atoms with Crippen molar-refractivity contribution in [1.82, 2.24) is 14.5 Å². The quantitative estimate of drug-likeness (QED) is 0.782. The second kappa shape index (κ2) is 7.09. The zero-order chi connectivity index (χ0) is 22.0. The Morgan fingerprint density at radius 2 is 2.10 bits per heavy atom. The molecule has 2 aliphatic heterocycles. The number of ether oxygens (including phenoxy) is 1. The summed E-state index contributed by atoms with van der Waals surface area (Å²) < 4.78 is 7.85. The number of fused-ring (bicyclic) bond motifs is 3. The topological polar surface area (TPSA) is 67.6 Å². The molecule has 1 aliphatic carbocycles. The summed E-state index contributed by atoms with van der Waals surface area (Å²) in [5, 5.41) is 11.4. The first-order valence-corrected chi connectivity index (χ1v) is 11.5. The number of rotatable bonds is 3. The first-order chi connectivity index (χ1) is 14.7. The van der Waals surface area contributed by atoms with Crippen LogP contribution in [-0.2, 0) is 4.74 Å². The van der Waals surface area contributed by atoms with Crippen molar-refractivity contribution in [3.05, 3.63) is 42.4 Å². The van der Waals surface area contributed by atoms with Gasteiger partial charge in [-0.1, -0.05) is 31.2 Å². The summed E-state index contributed by atoms with van der Waals surface area (Å²) in [7, 11) is 0. The van der Waals surface area contributed by atoms with Crippen molar-refractivity contribution in [2.45, 2.75) is 77.2 Å². The molecular formula is C25H33N3O3. The van der Waals surface area contributed by atoms with Gasteiger partial charge in [-0.25, -0.2) is 9.78 Å². The molecule has 5 rings (SSSR count). The molecule has 3 aliphatic rings. The highest BCUT2D eigenvalue weighted by Gasteiger charge is 2.56. The number of benzene rings is 1. The molecule has 1 aromatic carbocycles. The van der Waals surface area contributed by atoms with Gasteiger partial charge in [0.25, 0.3) is 0 Å². The molecule has 1 amide bonds. The number of hydrogen-bond acceptors (Lipinski definition) is 4. The van der Waals surface area contributed by atoms with E-state index in [2.05, 4.69) is 40.7 Å². The lowest BCUT2D eigenvalue weighted by molar-refractivity contribution is -0.133. The van der Waals surface area contributed by atoms with Crippen molar-refractivity contribution in [3.63, 3.8) is 0 Å². The zero-order valence-corrected chi connectivity index (χ0v) is 18.9. The minimum absolute atomic E-state index is 0.127. The van der Waals surface area contributed by atoms with Crippen LogP contribution in [0.15, 0.2) is 36.8 Å². The maximum Gasteiger partial charge on any atom is 0.410 e. The normalized spacial score (nSPS) is 31.8. The van der Waals surface area contributed by atoms with Crippen molar-refractivity contribution in [3.8, 4) is 11.3 Å². The molecule has 2 aromatic rings. The molecule has 2 fully saturated rings. The highest BCUT2D eigenvalue weighted by Crippen LogP contribution is 2.58. The molecule has 6 nitrogen and oxygen atoms in total. The minimum atomic E-state index is -0.492. The maximum atomic E-state index is 12.7. The predicted molar refractivity (Wildman–Crippen MR) is 119 cm³/mol. The van der Waals surface area contributed by atoms with Crippen LogP contribution in [0.25, 0.3) is 11.3 Å². The van der Waals surface area contributed by atoms with Gasteiger partial charge >= 0.3 is 6.09 Å². The van der Waals surface area contributed by atoms with Gasteiger partial charge in [-0.05, 0) is 57.4 Å². The molecular weight excluding hydrogens is 390 g/mol. The van der Waals surface area contributed by atoms with E-state index in [-0.39, 0.29) is 29.5 Å². The average Bonchev–Trinajstić information content (AvgIpc) is 3.41. The summed E-state index contributed by atoms with van der Waals surface area (Å²) in [6.07, 6.45) is 6.89. The Hall–Kier alpha value is -2.34. The molecule has 1 aromatic heterocycles. The Labute approximate surface area is 184 Å². The molecule has 0 radical (unpaired) electrons. The minimum Gasteiger partial charge on any atom is -0.444 e. The third kappa shape index (κ3) is 3.36. The van der Waals surface area contributed by atoms with E-state index in [1.807, 2.05) is 38.2 Å². The Kier molecular flexibility index (Phi) is 4.70. The average molecular weight is 424 g/mol. The first kappa shape index (κ1) is 20.6. The monoisotopic (exact) mass is 423 g/mol. The van der Waals surface area contributed by atoms with E-state index in [0.717, 1.165) is 37.9 Å². The number of aromatic nitrogens is 2. The van der Waals surface area contributed by atoms with Crippen molar-refractivity contribution >= 4 is 6.09 Å². The Bertz CT molecular complexity index is 994. The van der Waals surface area contributed by atoms with Gasteiger partial charge in [0, 0.05) is 24.1 Å². The number of aliphatic hydroxyl groups excluding tert-OH is 1. The van der Waals surface area contributed by atoms with Crippen LogP contribution < -0.4 is 0 Å². The lowest BCUT2D eigenvalue weighted by Gasteiger charge is -2.54. The van der Waals surface area contributed by atoms with E-state index in [4.69, 9.17) is 4.74 Å². The third-order valence-corrected chi connectivity index (χ3v) is 7.46. The highest BCUT2D eigenvalue weighted by atomic mass is 16.6. The lowest BCUT2D eigenvalue weighted by atomic mass is 9.55. The number of nitrogens with zero attached hydrogens (tertiary/aromatic N) is 3. The predicted octanol–water partition coefficient (Wildman–Crippen LogP) is 4.63. The maximum absolute atomic E-state index is 12.7. The van der Waals surface area contributed by atoms with Crippen molar-refractivity contribution < 1.29 is 14.6 Å². The van der Waals surface area contributed by atoms with Crippen LogP contribution in [0, 0.1) is 11.3 Å². The van der Waals surface area contributed by atoms with Crippen LogP contribution in [0.2, 0.25) is 0 Å². The number of carbonyl (C=O) groups excluding carboxylic acids is 1. The highest BCUT2D eigenvalue weighted by molar-refractivity contribution is 5.70. The number of carbonyl (C=O) groups is 1. The molecule has 0 spiro atoms. The van der Waals surface area contributed by atoms with Gasteiger partial charge < -0.3 is 19.3 Å². The van der Waals surface area contributed by atoms with Gasteiger partial charge in [0.1, 0.15) is 5.60 Å². The Morgan fingerprint density at radius 3 is 2.84 bits per heavy atom. The first-order valence-electron chi connectivity index (χ1n) is 11.5. The summed E-state index contributed by atoms with van der Waals surface area (Å²) in [5.74, 6) is 0.151. The van der Waals surface area contributed by atoms with E-state index >= 15 is 0 Å². The molecule has 1 saturated carbocycles. The van der Waals surface area contributed by atoms with E-state index in [1.165, 1.54) is 11.1 Å². The smallest absolute Gasteiger partial charge is 0.410 e. The summed E-state index contributed by atoms with van der Waals surface area (Å²) in [6, 6.07) is 8.72. The van der Waals surface area contributed by atoms with Crippen LogP contribution in [0.5, 0.6) is 0 Å². The fourth-order valence-electron chi connectivity index (χ4n) is 6.07. The van der Waals surface area contributed by atoms with Crippen LogP contribution in [0.3, 0.4) is 0 Å². The number of likely N-dealkylation sites (tertiary alicyclic amines) is 1. The number of aliphatic hydroxyl groups is 1. The van der Waals surface area contributed by atoms with Crippen LogP contribution >= 0.6 is 0 Å². The van der Waals surface area contributed by atoms with E-state index in [9.17, 15) is 9.90 Å². The van der Waals surface area contributed by atoms with Gasteiger partial charge in [0.2, 0.25) is 0 Å². The fourth-order valence-corrected chi connectivity index (χ4v) is 6.07. The van der Waals surface area contributed by atoms with Gasteiger partial charge in [0.05, 0.1) is 30.4 Å². The standard InChI is InChI=1S/C25H33N3O3/c1-24(2,3)31-23(30)27-11-7-8-16(27)12-25(4)13-19(22(25)29)21-18-10-6-5-9-17(18)20-14-26-15-28(20)21/h5-6,9-10,14-16,19,21-22,29H,7-8,11-13H2,1-4H3/t16-,19-,21-,22-,25+/m0/s1. The molecule has 3 heterocycles. The largest absolute Gasteiger partial charge is 0.444 e. The summed E-state index contributed by atoms with van der Waals surface area (Å²) in [6.45, 7) is 8.63. The third-order valence-electron chi connectivity index (χ3n) is 7.46. The molecule has 0 bridgehead atoms. The second-order valence-corrected chi connectivity index (χ2v) is 10.9. The number of amides is 1. The van der Waals surface area contributed by atoms with E-state index in [0.29, 0.717) is 0 Å². The van der Waals surface area contributed by atoms with E-state index in [1.54, 1.807) is 0 Å². The Morgan fingerprint density at radius 1 is 1.32 bits per heavy atom. The zero-order valence-electron chi connectivity index (χ0n) is 18.9. The number of hydrogen-bond donors (Lipinski definition) is 1. The van der Waals surface area contributed by atoms with Gasteiger partial charge in [-0.2, -0.15) is 0 Å².